The summed E-state index contributed by atoms with van der Waals surface area (Å²) in [6.07, 6.45) is 5.70. The van der Waals surface area contributed by atoms with Gasteiger partial charge in [0, 0.05) is 39.1 Å². The number of carbonyl (C=O) groups is 1. The number of hydrogen-bond acceptors (Lipinski definition) is 6. The maximum atomic E-state index is 12.7. The Morgan fingerprint density at radius 2 is 1.60 bits per heavy atom. The van der Waals surface area contributed by atoms with Gasteiger partial charge >= 0.3 is 11.7 Å². The van der Waals surface area contributed by atoms with Crippen molar-refractivity contribution < 1.29 is 13.9 Å². The van der Waals surface area contributed by atoms with E-state index in [-0.39, 0.29) is 12.7 Å². The number of fused-ring (bicyclic) bond motifs is 1. The van der Waals surface area contributed by atoms with E-state index in [9.17, 15) is 9.59 Å². The highest BCUT2D eigenvalue weighted by atomic mass is 16.5. The zero-order valence-corrected chi connectivity index (χ0v) is 23.4. The van der Waals surface area contributed by atoms with Gasteiger partial charge in [-0.05, 0) is 41.3 Å². The predicted molar refractivity (Wildman–Crippen MR) is 159 cm³/mol. The first-order valence-corrected chi connectivity index (χ1v) is 14.5. The van der Waals surface area contributed by atoms with Crippen LogP contribution in [0.5, 0.6) is 0 Å². The van der Waals surface area contributed by atoms with Crippen LogP contribution in [0.2, 0.25) is 0 Å². The normalized spacial score (nSPS) is 14.1. The zero-order chi connectivity index (χ0) is 27.7. The Morgan fingerprint density at radius 1 is 0.850 bits per heavy atom. The molecule has 3 aromatic carbocycles. The molecule has 210 valence electrons. The van der Waals surface area contributed by atoms with Crippen LogP contribution < -0.4 is 10.7 Å². The predicted octanol–water partition coefficient (Wildman–Crippen LogP) is 6.44. The summed E-state index contributed by atoms with van der Waals surface area (Å²) in [4.78, 5) is 29.6. The van der Waals surface area contributed by atoms with Gasteiger partial charge in [0.25, 0.3) is 0 Å². The first-order chi connectivity index (χ1) is 19.6. The lowest BCUT2D eigenvalue weighted by Gasteiger charge is -2.36. The fraction of sp³-hybridized carbons (Fsp3) is 0.394. The molecule has 1 aliphatic rings. The molecule has 4 aromatic rings. The van der Waals surface area contributed by atoms with Crippen molar-refractivity contribution in [2.45, 2.75) is 58.7 Å². The average Bonchev–Trinajstić information content (AvgIpc) is 3.32. The number of hydrogen-bond donors (Lipinski definition) is 0. The minimum Gasteiger partial charge on any atom is -0.444 e. The lowest BCUT2D eigenvalue weighted by atomic mass is 10.0. The molecular formula is C33H39N3O4. The molecule has 0 bridgehead atoms. The third-order valence-electron chi connectivity index (χ3n) is 7.67. The van der Waals surface area contributed by atoms with Gasteiger partial charge < -0.3 is 14.1 Å². The van der Waals surface area contributed by atoms with Gasteiger partial charge in [0.05, 0.1) is 11.2 Å². The van der Waals surface area contributed by atoms with Gasteiger partial charge in [-0.2, -0.15) is 0 Å². The van der Waals surface area contributed by atoms with Crippen molar-refractivity contribution in [3.8, 4) is 11.1 Å². The van der Waals surface area contributed by atoms with Crippen molar-refractivity contribution in [1.82, 2.24) is 9.47 Å². The molecule has 0 radical (unpaired) electrons. The number of piperazine rings is 1. The molecule has 0 saturated carbocycles. The highest BCUT2D eigenvalue weighted by Gasteiger charge is 2.22. The molecule has 0 atom stereocenters. The third-order valence-corrected chi connectivity index (χ3v) is 7.67. The molecule has 1 aliphatic heterocycles. The van der Waals surface area contributed by atoms with Gasteiger partial charge in [0.2, 0.25) is 0 Å². The third kappa shape index (κ3) is 6.83. The number of carbonyl (C=O) groups excluding carboxylic acids is 1. The first kappa shape index (κ1) is 27.7. The summed E-state index contributed by atoms with van der Waals surface area (Å²) in [5.41, 5.74) is 5.87. The Morgan fingerprint density at radius 3 is 2.40 bits per heavy atom. The maximum absolute atomic E-state index is 12.7. The van der Waals surface area contributed by atoms with Gasteiger partial charge in [-0.1, -0.05) is 87.2 Å². The van der Waals surface area contributed by atoms with Gasteiger partial charge in [-0.3, -0.25) is 9.69 Å². The second-order valence-electron chi connectivity index (χ2n) is 10.6. The largest absolute Gasteiger partial charge is 0.444 e. The minimum atomic E-state index is -0.505. The number of anilines is 1. The van der Waals surface area contributed by atoms with Crippen LogP contribution in [0.25, 0.3) is 22.2 Å². The van der Waals surface area contributed by atoms with Gasteiger partial charge in [-0.25, -0.2) is 9.36 Å². The lowest BCUT2D eigenvalue weighted by molar-refractivity contribution is -0.147. The molecule has 0 aliphatic carbocycles. The summed E-state index contributed by atoms with van der Waals surface area (Å²) in [6.45, 7) is 6.42. The number of oxazole rings is 1. The molecule has 1 fully saturated rings. The van der Waals surface area contributed by atoms with Crippen LogP contribution in [0.3, 0.4) is 0 Å². The second kappa shape index (κ2) is 13.5. The van der Waals surface area contributed by atoms with Crippen LogP contribution in [-0.4, -0.2) is 41.6 Å². The van der Waals surface area contributed by atoms with Crippen LogP contribution in [0.15, 0.2) is 82.0 Å². The van der Waals surface area contributed by atoms with Crippen LogP contribution in [0.1, 0.15) is 51.0 Å². The fourth-order valence-corrected chi connectivity index (χ4v) is 5.41. The smallest absolute Gasteiger partial charge is 0.422 e. The first-order valence-electron chi connectivity index (χ1n) is 14.5. The number of unbranched alkanes of at least 4 members (excludes halogenated alkanes) is 4. The SMILES string of the molecule is CCCCCCCC(=O)OCn1c(=O)oc2c(N3CCN(Cc4cccc(-c5ccccc5)c4)CC3)cccc21. The molecule has 5 rings (SSSR count). The summed E-state index contributed by atoms with van der Waals surface area (Å²) in [6, 6.07) is 25.0. The quantitative estimate of drug-likeness (QED) is 0.152. The molecule has 40 heavy (non-hydrogen) atoms. The van der Waals surface area contributed by atoms with Gasteiger partial charge in [0.1, 0.15) is 0 Å². The molecule has 0 unspecified atom stereocenters. The van der Waals surface area contributed by atoms with E-state index in [1.807, 2.05) is 24.3 Å². The number of ether oxygens (including phenoxy) is 1. The van der Waals surface area contributed by atoms with Crippen molar-refractivity contribution in [1.29, 1.82) is 0 Å². The van der Waals surface area contributed by atoms with Gasteiger partial charge in [0.15, 0.2) is 12.3 Å². The monoisotopic (exact) mass is 541 g/mol. The van der Waals surface area contributed by atoms with E-state index in [1.54, 1.807) is 0 Å². The number of nitrogens with zero attached hydrogens (tertiary/aromatic N) is 3. The molecule has 1 saturated heterocycles. The van der Waals surface area contributed by atoms with Crippen molar-refractivity contribution in [3.05, 3.63) is 88.9 Å². The molecule has 0 spiro atoms. The molecular weight excluding hydrogens is 502 g/mol. The highest BCUT2D eigenvalue weighted by molar-refractivity contribution is 5.87. The number of esters is 1. The van der Waals surface area contributed by atoms with Crippen molar-refractivity contribution in [3.63, 3.8) is 0 Å². The Labute approximate surface area is 236 Å². The zero-order valence-electron chi connectivity index (χ0n) is 23.4. The molecule has 7 heteroatoms. The van der Waals surface area contributed by atoms with E-state index >= 15 is 0 Å². The summed E-state index contributed by atoms with van der Waals surface area (Å²) in [5, 5.41) is 0. The van der Waals surface area contributed by atoms with Gasteiger partial charge in [-0.15, -0.1) is 0 Å². The van der Waals surface area contributed by atoms with E-state index in [0.717, 1.165) is 57.7 Å². The number of benzene rings is 3. The second-order valence-corrected chi connectivity index (χ2v) is 10.6. The number of para-hydroxylation sites is 1. The number of aromatic nitrogens is 1. The summed E-state index contributed by atoms with van der Waals surface area (Å²) in [7, 11) is 0. The summed E-state index contributed by atoms with van der Waals surface area (Å²) >= 11 is 0. The average molecular weight is 542 g/mol. The van der Waals surface area contributed by atoms with Crippen molar-refractivity contribution in [2.24, 2.45) is 0 Å². The molecule has 1 aromatic heterocycles. The van der Waals surface area contributed by atoms with Crippen LogP contribution in [0, 0.1) is 0 Å². The molecule has 2 heterocycles. The molecule has 7 nitrogen and oxygen atoms in total. The standard InChI is InChI=1S/C33H39N3O4/c1-2-3-4-5-9-18-31(37)39-25-36-30-17-11-16-29(32(30)40-33(36)38)35-21-19-34(20-22-35)24-26-12-10-15-28(23-26)27-13-7-6-8-14-27/h6-8,10-17,23H,2-5,9,18-22,24-25H2,1H3. The summed E-state index contributed by atoms with van der Waals surface area (Å²) < 4.78 is 12.5. The maximum Gasteiger partial charge on any atom is 0.422 e. The van der Waals surface area contributed by atoms with Crippen molar-refractivity contribution >= 4 is 22.8 Å². The van der Waals surface area contributed by atoms with Crippen LogP contribution >= 0.6 is 0 Å². The van der Waals surface area contributed by atoms with E-state index < -0.39 is 5.76 Å². The Hall–Kier alpha value is -3.84. The summed E-state index contributed by atoms with van der Waals surface area (Å²) in [5.74, 6) is -0.783. The van der Waals surface area contributed by atoms with E-state index in [4.69, 9.17) is 9.15 Å². The Bertz CT molecular complexity index is 1450. The lowest BCUT2D eigenvalue weighted by Crippen LogP contribution is -2.46. The van der Waals surface area contributed by atoms with Crippen molar-refractivity contribution in [2.75, 3.05) is 31.1 Å². The van der Waals surface area contributed by atoms with Crippen LogP contribution in [0.4, 0.5) is 5.69 Å². The Balaban J connectivity index is 1.18. The topological polar surface area (TPSA) is 67.9 Å². The van der Waals surface area contributed by atoms with E-state index in [1.165, 1.54) is 34.1 Å². The highest BCUT2D eigenvalue weighted by Crippen LogP contribution is 2.28. The molecule has 0 amide bonds. The number of rotatable bonds is 12. The Kier molecular flexibility index (Phi) is 9.34. The van der Waals surface area contributed by atoms with E-state index in [2.05, 4.69) is 65.3 Å². The van der Waals surface area contributed by atoms with E-state index in [0.29, 0.717) is 17.5 Å². The minimum absolute atomic E-state index is 0.126. The fourth-order valence-electron chi connectivity index (χ4n) is 5.41. The van der Waals surface area contributed by atoms with Crippen LogP contribution in [-0.2, 0) is 22.8 Å². The molecule has 0 N–H and O–H groups in total.